The van der Waals surface area contributed by atoms with E-state index in [-0.39, 0.29) is 18.0 Å². The van der Waals surface area contributed by atoms with Gasteiger partial charge in [-0.25, -0.2) is 9.78 Å². The lowest BCUT2D eigenvalue weighted by atomic mass is 10.1. The van der Waals surface area contributed by atoms with Crippen molar-refractivity contribution in [2.45, 2.75) is 38.4 Å². The van der Waals surface area contributed by atoms with Crippen LogP contribution >= 0.6 is 0 Å². The molecule has 0 unspecified atom stereocenters. The van der Waals surface area contributed by atoms with Crippen LogP contribution in [-0.2, 0) is 12.7 Å². The van der Waals surface area contributed by atoms with Gasteiger partial charge in [0.2, 0.25) is 11.4 Å². The van der Waals surface area contributed by atoms with Crippen molar-refractivity contribution in [1.82, 2.24) is 15.3 Å². The molecular weight excluding hydrogens is 437 g/mol. The third-order valence-corrected chi connectivity index (χ3v) is 5.61. The Balaban J connectivity index is 1.46. The Kier molecular flexibility index (Phi) is 6.52. The predicted octanol–water partition coefficient (Wildman–Crippen LogP) is 4.83. The largest absolute Gasteiger partial charge is 0.477 e. The number of rotatable bonds is 6. The number of carbonyl (C=O) groups excluding carboxylic acids is 1. The molecule has 0 radical (unpaired) electrons. The number of hydrogen-bond acceptors (Lipinski definition) is 4. The lowest BCUT2D eigenvalue weighted by Gasteiger charge is -2.16. The van der Waals surface area contributed by atoms with E-state index in [2.05, 4.69) is 20.6 Å². The van der Waals surface area contributed by atoms with Crippen LogP contribution in [0.15, 0.2) is 47.3 Å². The number of nitrogens with one attached hydrogen (secondary N) is 3. The summed E-state index contributed by atoms with van der Waals surface area (Å²) in [4.78, 5) is 30.3. The van der Waals surface area contributed by atoms with Crippen LogP contribution in [0.1, 0.15) is 36.9 Å². The lowest BCUT2D eigenvalue weighted by Crippen LogP contribution is -2.29. The smallest absolute Gasteiger partial charge is 0.433 e. The number of amides is 2. The normalized spacial score (nSPS) is 14.4. The summed E-state index contributed by atoms with van der Waals surface area (Å²) in [5.74, 6) is 0.169. The number of aromatic nitrogens is 2. The maximum atomic E-state index is 13.1. The zero-order valence-corrected chi connectivity index (χ0v) is 17.7. The third kappa shape index (κ3) is 5.63. The molecule has 33 heavy (non-hydrogen) atoms. The van der Waals surface area contributed by atoms with Gasteiger partial charge in [-0.2, -0.15) is 13.2 Å². The number of hydrogen-bond donors (Lipinski definition) is 3. The molecule has 0 bridgehead atoms. The number of anilines is 1. The van der Waals surface area contributed by atoms with E-state index in [4.69, 9.17) is 4.74 Å². The fourth-order valence-electron chi connectivity index (χ4n) is 3.90. The highest BCUT2D eigenvalue weighted by atomic mass is 19.4. The van der Waals surface area contributed by atoms with Crippen LogP contribution in [0.5, 0.6) is 5.88 Å². The average Bonchev–Trinajstić information content (AvgIpc) is 3.29. The minimum absolute atomic E-state index is 0.0709. The molecule has 2 aromatic heterocycles. The molecule has 10 heteroatoms. The van der Waals surface area contributed by atoms with Crippen LogP contribution in [0.25, 0.3) is 10.9 Å². The number of ether oxygens (including phenoxy) is 1. The Bertz CT molecular complexity index is 1200. The molecule has 1 aliphatic carbocycles. The van der Waals surface area contributed by atoms with Gasteiger partial charge in [-0.05, 0) is 49.1 Å². The van der Waals surface area contributed by atoms with Gasteiger partial charge in [-0.3, -0.25) is 4.79 Å². The monoisotopic (exact) mass is 460 g/mol. The van der Waals surface area contributed by atoms with E-state index < -0.39 is 17.9 Å². The number of benzene rings is 1. The second-order valence-electron chi connectivity index (χ2n) is 8.02. The van der Waals surface area contributed by atoms with Gasteiger partial charge in [-0.1, -0.05) is 18.9 Å². The first-order valence-electron chi connectivity index (χ1n) is 10.7. The summed E-state index contributed by atoms with van der Waals surface area (Å²) >= 11 is 0. The van der Waals surface area contributed by atoms with E-state index in [1.54, 1.807) is 24.3 Å². The standard InChI is InChI=1S/C23H23F3N4O3/c24-23(25,26)19-10-8-15(21(30-19)33-13-14-4-1-2-5-14)12-27-22(32)29-18-7-3-6-17-16(18)9-11-20(31)28-17/h3,6-11,14H,1-2,4-5,12-13H2,(H,28,31)(H2,27,29,32). The van der Waals surface area contributed by atoms with E-state index >= 15 is 0 Å². The molecule has 2 heterocycles. The zero-order valence-electron chi connectivity index (χ0n) is 17.7. The van der Waals surface area contributed by atoms with Gasteiger partial charge in [0, 0.05) is 23.6 Å². The van der Waals surface area contributed by atoms with Crippen LogP contribution in [0, 0.1) is 5.92 Å². The Morgan fingerprint density at radius 2 is 1.91 bits per heavy atom. The van der Waals surface area contributed by atoms with E-state index in [0.717, 1.165) is 31.7 Å². The van der Waals surface area contributed by atoms with E-state index in [9.17, 15) is 22.8 Å². The molecule has 0 aliphatic heterocycles. The second-order valence-corrected chi connectivity index (χ2v) is 8.02. The molecule has 3 N–H and O–H groups in total. The zero-order chi connectivity index (χ0) is 23.4. The number of H-pyrrole nitrogens is 1. The van der Waals surface area contributed by atoms with Crippen LogP contribution in [0.3, 0.4) is 0 Å². The van der Waals surface area contributed by atoms with Crippen molar-refractivity contribution >= 4 is 22.6 Å². The van der Waals surface area contributed by atoms with Gasteiger partial charge in [0.05, 0.1) is 17.8 Å². The van der Waals surface area contributed by atoms with Crippen LogP contribution in [0.2, 0.25) is 0 Å². The van der Waals surface area contributed by atoms with Gasteiger partial charge in [0.25, 0.3) is 0 Å². The fraction of sp³-hybridized carbons (Fsp3) is 0.348. The number of alkyl halides is 3. The van der Waals surface area contributed by atoms with Gasteiger partial charge in [-0.15, -0.1) is 0 Å². The highest BCUT2D eigenvalue weighted by molar-refractivity contribution is 6.00. The molecule has 1 saturated carbocycles. The van der Waals surface area contributed by atoms with Gasteiger partial charge in [0.15, 0.2) is 0 Å². The molecular formula is C23H23F3N4O3. The molecule has 1 fully saturated rings. The molecule has 1 aliphatic rings. The first kappa shape index (κ1) is 22.6. The van der Waals surface area contributed by atoms with Crippen LogP contribution in [0.4, 0.5) is 23.7 Å². The molecule has 0 atom stereocenters. The highest BCUT2D eigenvalue weighted by Crippen LogP contribution is 2.31. The average molecular weight is 460 g/mol. The van der Waals surface area contributed by atoms with E-state index in [1.807, 2.05) is 0 Å². The van der Waals surface area contributed by atoms with Crippen LogP contribution < -0.4 is 20.9 Å². The number of carbonyl (C=O) groups is 1. The molecule has 7 nitrogen and oxygen atoms in total. The molecule has 3 aromatic rings. The number of halogens is 3. The highest BCUT2D eigenvalue weighted by Gasteiger charge is 2.33. The van der Waals surface area contributed by atoms with Crippen molar-refractivity contribution in [2.75, 3.05) is 11.9 Å². The first-order chi connectivity index (χ1) is 15.8. The molecule has 0 saturated heterocycles. The topological polar surface area (TPSA) is 96.1 Å². The number of pyridine rings is 2. The van der Waals surface area contributed by atoms with Crippen molar-refractivity contribution < 1.29 is 22.7 Å². The minimum atomic E-state index is -4.59. The predicted molar refractivity (Wildman–Crippen MR) is 117 cm³/mol. The van der Waals surface area contributed by atoms with Crippen molar-refractivity contribution in [3.63, 3.8) is 0 Å². The third-order valence-electron chi connectivity index (χ3n) is 5.61. The summed E-state index contributed by atoms with van der Waals surface area (Å²) in [6.07, 6.45) is -0.470. The fourth-order valence-corrected chi connectivity index (χ4v) is 3.90. The number of nitrogens with zero attached hydrogens (tertiary/aromatic N) is 1. The Morgan fingerprint density at radius 1 is 1.12 bits per heavy atom. The Labute approximate surface area is 187 Å². The maximum Gasteiger partial charge on any atom is 0.433 e. The number of fused-ring (bicyclic) bond motifs is 1. The van der Waals surface area contributed by atoms with E-state index in [1.165, 1.54) is 12.1 Å². The molecule has 2 amide bonds. The molecule has 1 aromatic carbocycles. The van der Waals surface area contributed by atoms with Crippen molar-refractivity contribution in [2.24, 2.45) is 5.92 Å². The summed E-state index contributed by atoms with van der Waals surface area (Å²) in [7, 11) is 0. The summed E-state index contributed by atoms with van der Waals surface area (Å²) in [5.41, 5.74) is 0.0867. The molecule has 0 spiro atoms. The van der Waals surface area contributed by atoms with Crippen LogP contribution in [-0.4, -0.2) is 22.6 Å². The summed E-state index contributed by atoms with van der Waals surface area (Å²) < 4.78 is 45.0. The van der Waals surface area contributed by atoms with Gasteiger partial charge >= 0.3 is 12.2 Å². The Hall–Kier alpha value is -3.56. The second kappa shape index (κ2) is 9.51. The number of aromatic amines is 1. The SMILES string of the molecule is O=C(NCc1ccc(C(F)(F)F)nc1OCC1CCCC1)Nc1cccc2[nH]c(=O)ccc12. The summed E-state index contributed by atoms with van der Waals surface area (Å²) in [6, 6.07) is 9.60. The maximum absolute atomic E-state index is 13.1. The molecule has 4 rings (SSSR count). The quantitative estimate of drug-likeness (QED) is 0.491. The van der Waals surface area contributed by atoms with E-state index in [0.29, 0.717) is 34.7 Å². The van der Waals surface area contributed by atoms with Crippen molar-refractivity contribution in [3.05, 3.63) is 64.1 Å². The minimum Gasteiger partial charge on any atom is -0.477 e. The lowest BCUT2D eigenvalue weighted by molar-refractivity contribution is -0.141. The number of urea groups is 1. The summed E-state index contributed by atoms with van der Waals surface area (Å²) in [6.45, 7) is 0.223. The van der Waals surface area contributed by atoms with Gasteiger partial charge in [0.1, 0.15) is 5.69 Å². The Morgan fingerprint density at radius 3 is 2.67 bits per heavy atom. The summed E-state index contributed by atoms with van der Waals surface area (Å²) in [5, 5.41) is 5.96. The first-order valence-corrected chi connectivity index (χ1v) is 10.7. The van der Waals surface area contributed by atoms with Crippen molar-refractivity contribution in [3.8, 4) is 5.88 Å². The molecule has 174 valence electrons. The van der Waals surface area contributed by atoms with Crippen molar-refractivity contribution in [1.29, 1.82) is 0 Å². The van der Waals surface area contributed by atoms with Gasteiger partial charge < -0.3 is 20.4 Å².